The van der Waals surface area contributed by atoms with Crippen LogP contribution in [0, 0.1) is 0 Å². The third-order valence-electron chi connectivity index (χ3n) is 5.38. The minimum Gasteiger partial charge on any atom is -0.507 e. The number of rotatable bonds is 4. The van der Waals surface area contributed by atoms with Gasteiger partial charge in [0.2, 0.25) is 0 Å². The van der Waals surface area contributed by atoms with Crippen LogP contribution in [-0.2, 0) is 6.54 Å². The average molecular weight is 360 g/mol. The predicted octanol–water partition coefficient (Wildman–Crippen LogP) is 3.94. The summed E-state index contributed by atoms with van der Waals surface area (Å²) in [5.74, 6) is -0.0284. The van der Waals surface area contributed by atoms with Crippen LogP contribution in [0.4, 0.5) is 0 Å². The molecule has 0 unspecified atom stereocenters. The Morgan fingerprint density at radius 3 is 2.48 bits per heavy atom. The van der Waals surface area contributed by atoms with Crippen LogP contribution in [0.1, 0.15) is 28.8 Å². The first-order chi connectivity index (χ1) is 13.2. The number of likely N-dealkylation sites (tertiary alicyclic amines) is 1. The van der Waals surface area contributed by atoms with Gasteiger partial charge < -0.3 is 15.3 Å². The highest BCUT2D eigenvalue weighted by Gasteiger charge is 2.24. The van der Waals surface area contributed by atoms with E-state index in [0.717, 1.165) is 19.4 Å². The van der Waals surface area contributed by atoms with Crippen molar-refractivity contribution in [3.8, 4) is 5.75 Å². The quantitative estimate of drug-likeness (QED) is 0.741. The van der Waals surface area contributed by atoms with Crippen molar-refractivity contribution in [1.29, 1.82) is 0 Å². The predicted molar refractivity (Wildman–Crippen MR) is 108 cm³/mol. The summed E-state index contributed by atoms with van der Waals surface area (Å²) in [6.07, 6.45) is 1.84. The molecule has 4 nitrogen and oxygen atoms in total. The van der Waals surface area contributed by atoms with Crippen LogP contribution < -0.4 is 5.32 Å². The molecule has 0 atom stereocenters. The van der Waals surface area contributed by atoms with Gasteiger partial charge in [0.15, 0.2) is 0 Å². The van der Waals surface area contributed by atoms with Crippen molar-refractivity contribution >= 4 is 16.7 Å². The van der Waals surface area contributed by atoms with Crippen molar-refractivity contribution in [1.82, 2.24) is 10.2 Å². The van der Waals surface area contributed by atoms with E-state index in [-0.39, 0.29) is 11.7 Å². The summed E-state index contributed by atoms with van der Waals surface area (Å²) >= 11 is 0. The Hall–Kier alpha value is -2.85. The van der Waals surface area contributed by atoms with E-state index >= 15 is 0 Å². The van der Waals surface area contributed by atoms with Crippen LogP contribution in [0.5, 0.6) is 5.75 Å². The van der Waals surface area contributed by atoms with Crippen molar-refractivity contribution in [3.63, 3.8) is 0 Å². The number of aromatic hydroxyl groups is 1. The number of amides is 1. The largest absolute Gasteiger partial charge is 0.507 e. The maximum atomic E-state index is 12.6. The lowest BCUT2D eigenvalue weighted by Gasteiger charge is -2.32. The van der Waals surface area contributed by atoms with Crippen molar-refractivity contribution < 1.29 is 9.90 Å². The van der Waals surface area contributed by atoms with E-state index in [4.69, 9.17) is 0 Å². The lowest BCUT2D eigenvalue weighted by atomic mass is 10.0. The van der Waals surface area contributed by atoms with Crippen molar-refractivity contribution in [2.75, 3.05) is 13.1 Å². The minimum absolute atomic E-state index is 0.0544. The first kappa shape index (κ1) is 17.6. The molecule has 1 heterocycles. The molecule has 1 amide bonds. The average Bonchev–Trinajstić information content (AvgIpc) is 2.72. The lowest BCUT2D eigenvalue weighted by molar-refractivity contribution is 0.0702. The second kappa shape index (κ2) is 7.80. The first-order valence-corrected chi connectivity index (χ1v) is 9.49. The number of hydrogen-bond donors (Lipinski definition) is 2. The van der Waals surface area contributed by atoms with Crippen LogP contribution >= 0.6 is 0 Å². The SMILES string of the molecule is O=C(c1ccccc1O)N1CCC(NCc2cccc3ccccc23)CC1. The molecule has 27 heavy (non-hydrogen) atoms. The molecule has 0 radical (unpaired) electrons. The molecule has 0 aromatic heterocycles. The van der Waals surface area contributed by atoms with Crippen molar-refractivity contribution in [2.24, 2.45) is 0 Å². The number of carbonyl (C=O) groups excluding carboxylic acids is 1. The molecule has 1 saturated heterocycles. The number of benzene rings is 3. The summed E-state index contributed by atoms with van der Waals surface area (Å²) in [4.78, 5) is 14.4. The van der Waals surface area contributed by atoms with E-state index in [1.807, 2.05) is 4.90 Å². The van der Waals surface area contributed by atoms with Crippen LogP contribution in [0.25, 0.3) is 10.8 Å². The fraction of sp³-hybridized carbons (Fsp3) is 0.261. The number of nitrogens with one attached hydrogen (secondary N) is 1. The van der Waals surface area contributed by atoms with Crippen LogP contribution in [0.2, 0.25) is 0 Å². The summed E-state index contributed by atoms with van der Waals surface area (Å²) in [6.45, 7) is 2.25. The number of piperidine rings is 1. The van der Waals surface area contributed by atoms with E-state index < -0.39 is 0 Å². The molecule has 1 aliphatic rings. The van der Waals surface area contributed by atoms with Gasteiger partial charge in [0.25, 0.3) is 5.91 Å². The Morgan fingerprint density at radius 1 is 0.963 bits per heavy atom. The molecule has 0 spiro atoms. The molecule has 0 aliphatic carbocycles. The van der Waals surface area contributed by atoms with E-state index in [1.165, 1.54) is 16.3 Å². The molecule has 4 heteroatoms. The van der Waals surface area contributed by atoms with Gasteiger partial charge in [-0.3, -0.25) is 4.79 Å². The molecule has 0 bridgehead atoms. The maximum Gasteiger partial charge on any atom is 0.257 e. The molecule has 3 aromatic carbocycles. The van der Waals surface area contributed by atoms with Crippen molar-refractivity contribution in [2.45, 2.75) is 25.4 Å². The second-order valence-corrected chi connectivity index (χ2v) is 7.10. The topological polar surface area (TPSA) is 52.6 Å². The minimum atomic E-state index is -0.0828. The monoisotopic (exact) mass is 360 g/mol. The van der Waals surface area contributed by atoms with Gasteiger partial charge in [-0.25, -0.2) is 0 Å². The standard InChI is InChI=1S/C23H24N2O2/c26-22-11-4-3-10-21(22)23(27)25-14-12-19(13-15-25)24-16-18-8-5-7-17-6-1-2-9-20(17)18/h1-11,19,24,26H,12-16H2. The number of phenols is 1. The number of phenolic OH excluding ortho intramolecular Hbond substituents is 1. The number of nitrogens with zero attached hydrogens (tertiary/aromatic N) is 1. The molecule has 0 saturated carbocycles. The van der Waals surface area contributed by atoms with E-state index in [2.05, 4.69) is 47.8 Å². The van der Waals surface area contributed by atoms with E-state index in [1.54, 1.807) is 24.3 Å². The summed E-state index contributed by atoms with van der Waals surface area (Å²) in [5.41, 5.74) is 1.69. The number of para-hydroxylation sites is 1. The molecule has 1 aliphatic heterocycles. The number of hydrogen-bond acceptors (Lipinski definition) is 3. The zero-order valence-electron chi connectivity index (χ0n) is 15.3. The smallest absolute Gasteiger partial charge is 0.257 e. The van der Waals surface area contributed by atoms with Gasteiger partial charge in [0, 0.05) is 25.7 Å². The number of fused-ring (bicyclic) bond motifs is 1. The van der Waals surface area contributed by atoms with Crippen LogP contribution in [0.3, 0.4) is 0 Å². The molecule has 2 N–H and O–H groups in total. The summed E-state index contributed by atoms with van der Waals surface area (Å²) in [6, 6.07) is 22.0. The summed E-state index contributed by atoms with van der Waals surface area (Å²) in [5, 5.41) is 16.1. The molecular weight excluding hydrogens is 336 g/mol. The molecular formula is C23H24N2O2. The Morgan fingerprint density at radius 2 is 1.67 bits per heavy atom. The fourth-order valence-corrected chi connectivity index (χ4v) is 3.81. The van der Waals surface area contributed by atoms with Gasteiger partial charge in [-0.1, -0.05) is 54.6 Å². The maximum absolute atomic E-state index is 12.6. The molecule has 4 rings (SSSR count). The first-order valence-electron chi connectivity index (χ1n) is 9.49. The van der Waals surface area contributed by atoms with Gasteiger partial charge in [-0.2, -0.15) is 0 Å². The third-order valence-corrected chi connectivity index (χ3v) is 5.38. The zero-order chi connectivity index (χ0) is 18.6. The second-order valence-electron chi connectivity index (χ2n) is 7.10. The molecule has 3 aromatic rings. The lowest BCUT2D eigenvalue weighted by Crippen LogP contribution is -2.44. The summed E-state index contributed by atoms with van der Waals surface area (Å²) in [7, 11) is 0. The van der Waals surface area contributed by atoms with Crippen LogP contribution in [-0.4, -0.2) is 35.0 Å². The van der Waals surface area contributed by atoms with E-state index in [9.17, 15) is 9.90 Å². The van der Waals surface area contributed by atoms with E-state index in [0.29, 0.717) is 24.7 Å². The Bertz CT molecular complexity index is 941. The Balaban J connectivity index is 1.34. The van der Waals surface area contributed by atoms with Gasteiger partial charge in [0.05, 0.1) is 5.56 Å². The normalized spacial score (nSPS) is 15.2. The Labute approximate surface area is 159 Å². The van der Waals surface area contributed by atoms with Crippen LogP contribution in [0.15, 0.2) is 66.7 Å². The van der Waals surface area contributed by atoms with Gasteiger partial charge in [-0.05, 0) is 41.3 Å². The number of carbonyl (C=O) groups is 1. The third kappa shape index (κ3) is 3.81. The van der Waals surface area contributed by atoms with Gasteiger partial charge >= 0.3 is 0 Å². The van der Waals surface area contributed by atoms with Gasteiger partial charge in [0.1, 0.15) is 5.75 Å². The van der Waals surface area contributed by atoms with Crippen molar-refractivity contribution in [3.05, 3.63) is 77.9 Å². The Kier molecular flexibility index (Phi) is 5.07. The molecule has 1 fully saturated rings. The highest BCUT2D eigenvalue weighted by Crippen LogP contribution is 2.22. The highest BCUT2D eigenvalue weighted by molar-refractivity contribution is 5.96. The summed E-state index contributed by atoms with van der Waals surface area (Å²) < 4.78 is 0. The highest BCUT2D eigenvalue weighted by atomic mass is 16.3. The van der Waals surface area contributed by atoms with Gasteiger partial charge in [-0.15, -0.1) is 0 Å². The zero-order valence-corrected chi connectivity index (χ0v) is 15.3. The fourth-order valence-electron chi connectivity index (χ4n) is 3.81. The molecule has 138 valence electrons.